The van der Waals surface area contributed by atoms with Crippen LogP contribution in [0.1, 0.15) is 50.7 Å². The summed E-state index contributed by atoms with van der Waals surface area (Å²) < 4.78 is 20.8. The van der Waals surface area contributed by atoms with Crippen LogP contribution >= 0.6 is 0 Å². The first kappa shape index (κ1) is 43.3. The summed E-state index contributed by atoms with van der Waals surface area (Å²) in [4.78, 5) is 4.68. The second-order valence-corrected chi connectivity index (χ2v) is 20.7. The molecule has 0 atom stereocenters. The van der Waals surface area contributed by atoms with Gasteiger partial charge in [0.15, 0.2) is 11.2 Å². The molecule has 0 aliphatic carbocycles. The Morgan fingerprint density at radius 2 is 0.667 bits per heavy atom. The fraction of sp³-hybridized carbons (Fsp3) is 0.0857. The molecule has 358 valence electrons. The van der Waals surface area contributed by atoms with Crippen molar-refractivity contribution >= 4 is 143 Å². The predicted octanol–water partition coefficient (Wildman–Crippen LogP) is 21.2. The molecular formula is C70H50N2O3. The third-order valence-corrected chi connectivity index (χ3v) is 15.8. The van der Waals surface area contributed by atoms with Crippen molar-refractivity contribution in [1.82, 2.24) is 0 Å². The minimum absolute atomic E-state index is 0.407. The molecule has 0 N–H and O–H groups in total. The van der Waals surface area contributed by atoms with Crippen LogP contribution in [-0.4, -0.2) is 0 Å². The van der Waals surface area contributed by atoms with Gasteiger partial charge in [-0.15, -0.1) is 0 Å². The number of fused-ring (bicyclic) bond motifs is 19. The summed E-state index contributed by atoms with van der Waals surface area (Å²) in [5.74, 6) is 0.817. The van der Waals surface area contributed by atoms with E-state index in [1.165, 1.54) is 27.3 Å². The number of nitrogens with zero attached hydrogens (tertiary/aromatic N) is 2. The molecule has 0 spiro atoms. The molecule has 12 aromatic carbocycles. The topological polar surface area (TPSA) is 45.9 Å². The Bertz CT molecular complexity index is 4780. The molecule has 5 nitrogen and oxygen atoms in total. The standard InChI is InChI=1S/C70H50N2O3/c1-41(2)43-27-31-45(32-28-43)71(60-23-13-21-56-50-16-9-11-25-62(50)73-68(56)60)47-35-37-55-59(39-47)49-15-5-6-18-52(49)67-65(55)53-19-7-8-20-54(53)66-58-38-36-48(40-64(58)75-70(66)67)72(46-33-29-44(30-34-46)42(3)4)61-24-14-22-57-51-17-10-12-26-63(51)74-69(57)61/h5-42H,1-4H3. The predicted molar refractivity (Wildman–Crippen MR) is 316 cm³/mol. The lowest BCUT2D eigenvalue weighted by molar-refractivity contribution is 0.668. The van der Waals surface area contributed by atoms with E-state index in [1.54, 1.807) is 0 Å². The molecule has 3 heterocycles. The summed E-state index contributed by atoms with van der Waals surface area (Å²) in [7, 11) is 0. The first-order valence-electron chi connectivity index (χ1n) is 26.1. The Morgan fingerprint density at radius 1 is 0.267 bits per heavy atom. The van der Waals surface area contributed by atoms with E-state index in [1.807, 2.05) is 18.2 Å². The van der Waals surface area contributed by atoms with Crippen molar-refractivity contribution in [2.45, 2.75) is 39.5 Å². The Balaban J connectivity index is 0.971. The maximum Gasteiger partial charge on any atom is 0.159 e. The average Bonchev–Trinajstić information content (AvgIpc) is 4.25. The summed E-state index contributed by atoms with van der Waals surface area (Å²) >= 11 is 0. The normalized spacial score (nSPS) is 12.2. The molecule has 0 bridgehead atoms. The number of benzene rings is 12. The van der Waals surface area contributed by atoms with Crippen LogP contribution in [0.25, 0.3) is 109 Å². The SMILES string of the molecule is CC(C)c1ccc(N(c2ccc3c(c2)oc2c3c3ccccc3c3c4ccc(N(c5ccc(C(C)C)cc5)c5cccc6c5oc5ccccc56)cc4c4ccccc4c23)c2cccc3c2oc2ccccc23)cc1. The van der Waals surface area contributed by atoms with Gasteiger partial charge in [0.2, 0.25) is 0 Å². The zero-order valence-corrected chi connectivity index (χ0v) is 42.1. The fourth-order valence-electron chi connectivity index (χ4n) is 12.1. The van der Waals surface area contributed by atoms with E-state index in [4.69, 9.17) is 13.3 Å². The molecule has 3 aromatic heterocycles. The highest BCUT2D eigenvalue weighted by molar-refractivity contribution is 6.41. The zero-order valence-electron chi connectivity index (χ0n) is 42.1. The summed E-state index contributed by atoms with van der Waals surface area (Å²) in [6, 6.07) is 78.9. The summed E-state index contributed by atoms with van der Waals surface area (Å²) in [6.45, 7) is 8.96. The number of hydrogen-bond donors (Lipinski definition) is 0. The van der Waals surface area contributed by atoms with Gasteiger partial charge >= 0.3 is 0 Å². The monoisotopic (exact) mass is 966 g/mol. The highest BCUT2D eigenvalue weighted by Gasteiger charge is 2.26. The minimum atomic E-state index is 0.407. The lowest BCUT2D eigenvalue weighted by Crippen LogP contribution is -2.10. The van der Waals surface area contributed by atoms with Gasteiger partial charge in [-0.1, -0.05) is 167 Å². The minimum Gasteiger partial charge on any atom is -0.455 e. The van der Waals surface area contributed by atoms with E-state index in [2.05, 4.69) is 238 Å². The molecule has 0 saturated heterocycles. The van der Waals surface area contributed by atoms with Gasteiger partial charge in [0.25, 0.3) is 0 Å². The first-order valence-corrected chi connectivity index (χ1v) is 26.1. The smallest absolute Gasteiger partial charge is 0.159 e. The van der Waals surface area contributed by atoms with Gasteiger partial charge < -0.3 is 23.1 Å². The van der Waals surface area contributed by atoms with Crippen molar-refractivity contribution in [2.75, 3.05) is 9.80 Å². The molecule has 15 rings (SSSR count). The van der Waals surface area contributed by atoms with E-state index < -0.39 is 0 Å². The van der Waals surface area contributed by atoms with Crippen LogP contribution in [0.2, 0.25) is 0 Å². The maximum absolute atomic E-state index is 7.38. The fourth-order valence-corrected chi connectivity index (χ4v) is 12.1. The number of furan rings is 3. The number of hydrogen-bond acceptors (Lipinski definition) is 5. The molecule has 0 unspecified atom stereocenters. The maximum atomic E-state index is 7.38. The van der Waals surface area contributed by atoms with Crippen LogP contribution in [0.4, 0.5) is 34.1 Å². The van der Waals surface area contributed by atoms with Crippen LogP contribution in [0.5, 0.6) is 0 Å². The number of para-hydroxylation sites is 4. The third kappa shape index (κ3) is 6.57. The summed E-state index contributed by atoms with van der Waals surface area (Å²) in [5.41, 5.74) is 13.8. The largest absolute Gasteiger partial charge is 0.455 e. The lowest BCUT2D eigenvalue weighted by Gasteiger charge is -2.26. The van der Waals surface area contributed by atoms with Gasteiger partial charge in [-0.05, 0) is 128 Å². The lowest BCUT2D eigenvalue weighted by atomic mass is 9.88. The van der Waals surface area contributed by atoms with Crippen LogP contribution in [0, 0.1) is 0 Å². The van der Waals surface area contributed by atoms with Crippen LogP contribution in [0.15, 0.2) is 232 Å². The van der Waals surface area contributed by atoms with Gasteiger partial charge in [0.1, 0.15) is 22.3 Å². The van der Waals surface area contributed by atoms with Gasteiger partial charge in [-0.25, -0.2) is 0 Å². The highest BCUT2D eigenvalue weighted by atomic mass is 16.3. The van der Waals surface area contributed by atoms with Crippen molar-refractivity contribution in [3.63, 3.8) is 0 Å². The molecule has 15 aromatic rings. The van der Waals surface area contributed by atoms with Crippen molar-refractivity contribution < 1.29 is 13.3 Å². The van der Waals surface area contributed by atoms with E-state index in [9.17, 15) is 0 Å². The molecule has 0 amide bonds. The average molecular weight is 967 g/mol. The second-order valence-electron chi connectivity index (χ2n) is 20.7. The van der Waals surface area contributed by atoms with Gasteiger partial charge in [-0.3, -0.25) is 0 Å². The first-order chi connectivity index (χ1) is 36.9. The van der Waals surface area contributed by atoms with Crippen molar-refractivity contribution in [2.24, 2.45) is 0 Å². The molecule has 0 saturated carbocycles. The molecule has 0 radical (unpaired) electrons. The molecular weight excluding hydrogens is 917 g/mol. The number of rotatable bonds is 8. The van der Waals surface area contributed by atoms with E-state index in [0.29, 0.717) is 11.8 Å². The number of anilines is 6. The highest BCUT2D eigenvalue weighted by Crippen LogP contribution is 2.51. The third-order valence-electron chi connectivity index (χ3n) is 15.8. The van der Waals surface area contributed by atoms with Crippen LogP contribution in [0.3, 0.4) is 0 Å². The van der Waals surface area contributed by atoms with Gasteiger partial charge in [-0.2, -0.15) is 0 Å². The molecule has 5 heteroatoms. The van der Waals surface area contributed by atoms with Gasteiger partial charge in [0, 0.05) is 66.2 Å². The Kier molecular flexibility index (Phi) is 9.58. The Morgan fingerprint density at radius 3 is 1.20 bits per heavy atom. The van der Waals surface area contributed by atoms with E-state index >= 15 is 0 Å². The Labute approximate surface area is 433 Å². The summed E-state index contributed by atoms with van der Waals surface area (Å²) in [5, 5.41) is 15.8. The molecule has 0 aliphatic rings. The van der Waals surface area contributed by atoms with Crippen LogP contribution in [-0.2, 0) is 0 Å². The molecule has 0 aliphatic heterocycles. The molecule has 75 heavy (non-hydrogen) atoms. The van der Waals surface area contributed by atoms with E-state index in [-0.39, 0.29) is 0 Å². The Hall–Kier alpha value is -9.32. The van der Waals surface area contributed by atoms with Crippen molar-refractivity contribution in [3.05, 3.63) is 230 Å². The van der Waals surface area contributed by atoms with E-state index in [0.717, 1.165) is 127 Å². The van der Waals surface area contributed by atoms with Gasteiger partial charge in [0.05, 0.1) is 17.1 Å². The van der Waals surface area contributed by atoms with Crippen LogP contribution < -0.4 is 9.80 Å². The molecule has 0 fully saturated rings. The second kappa shape index (κ2) is 16.6. The van der Waals surface area contributed by atoms with Crippen molar-refractivity contribution in [1.29, 1.82) is 0 Å². The summed E-state index contributed by atoms with van der Waals surface area (Å²) in [6.07, 6.45) is 0. The quantitative estimate of drug-likeness (QED) is 0.142. The zero-order chi connectivity index (χ0) is 50.1. The van der Waals surface area contributed by atoms with Crippen molar-refractivity contribution in [3.8, 4) is 0 Å².